The third-order valence-electron chi connectivity index (χ3n) is 8.19. The zero-order valence-electron chi connectivity index (χ0n) is 24.2. The van der Waals surface area contributed by atoms with E-state index in [-0.39, 0.29) is 37.1 Å². The second-order valence-electron chi connectivity index (χ2n) is 11.1. The van der Waals surface area contributed by atoms with Gasteiger partial charge in [-0.15, -0.1) is 0 Å². The van der Waals surface area contributed by atoms with Gasteiger partial charge in [0.1, 0.15) is 6.61 Å². The third kappa shape index (κ3) is 6.58. The first-order valence-electron chi connectivity index (χ1n) is 14.0. The molecule has 0 aliphatic heterocycles. The zero-order valence-corrected chi connectivity index (χ0v) is 24.2. The Hall–Kier alpha value is -3.59. The molecular weight excluding hydrogens is 510 g/mol. The number of benzene rings is 2. The number of hydrogen-bond acceptors (Lipinski definition) is 6. The van der Waals surface area contributed by atoms with Crippen LogP contribution in [0.4, 0.5) is 4.79 Å². The van der Waals surface area contributed by atoms with Crippen molar-refractivity contribution in [2.75, 3.05) is 34.4 Å². The number of carbonyl (C=O) groups excluding carboxylic acids is 2. The highest BCUT2D eigenvalue weighted by Crippen LogP contribution is 2.39. The van der Waals surface area contributed by atoms with Crippen LogP contribution < -0.4 is 9.47 Å². The molecule has 2 aliphatic rings. The van der Waals surface area contributed by atoms with Gasteiger partial charge in [-0.2, -0.15) is 0 Å². The minimum atomic E-state index is -0.722. The van der Waals surface area contributed by atoms with Crippen molar-refractivity contribution in [3.8, 4) is 11.5 Å². The summed E-state index contributed by atoms with van der Waals surface area (Å²) in [6.07, 6.45) is 4.74. The largest absolute Gasteiger partial charge is 0.493 e. The molecule has 40 heavy (non-hydrogen) atoms. The van der Waals surface area contributed by atoms with Crippen LogP contribution in [0.25, 0.3) is 0 Å². The monoisotopic (exact) mass is 551 g/mol. The highest BCUT2D eigenvalue weighted by molar-refractivity contribution is 5.93. The predicted octanol–water partition coefficient (Wildman–Crippen LogP) is 4.52. The molecule has 9 nitrogen and oxygen atoms in total. The smallest absolute Gasteiger partial charge is 0.326 e. The number of rotatable bonds is 11. The summed E-state index contributed by atoms with van der Waals surface area (Å²) in [5.41, 5.74) is 5.16. The highest BCUT2D eigenvalue weighted by Gasteiger charge is 2.40. The number of hydrogen-bond donors (Lipinski definition) is 1. The van der Waals surface area contributed by atoms with Gasteiger partial charge in [0.15, 0.2) is 11.5 Å². The maximum Gasteiger partial charge on any atom is 0.326 e. The normalized spacial score (nSPS) is 18.4. The molecule has 1 atom stereocenters. The molecule has 2 aromatic carbocycles. The molecule has 0 unspecified atom stereocenters. The summed E-state index contributed by atoms with van der Waals surface area (Å²) in [5, 5.41) is 9.48. The molecule has 0 radical (unpaired) electrons. The Labute approximate surface area is 236 Å². The molecule has 9 heteroatoms. The molecule has 0 saturated heterocycles. The number of carbonyl (C=O) groups is 3. The molecule has 1 fully saturated rings. The molecule has 216 valence electrons. The number of fused-ring (bicyclic) bond motifs is 1. The molecule has 1 N–H and O–H groups in total. The van der Waals surface area contributed by atoms with Crippen molar-refractivity contribution in [2.24, 2.45) is 5.92 Å². The average Bonchev–Trinajstić information content (AvgIpc) is 3.37. The van der Waals surface area contributed by atoms with Crippen LogP contribution in [0, 0.1) is 5.92 Å². The SMILES string of the molecule is COc1cc(CN(C2CC(C(=O)O)C2)[C@H](C)c2ccc3c(c2)CCC3)ccc1OCCN(C(C)=O)C(=O)N(C)C. The van der Waals surface area contributed by atoms with Gasteiger partial charge < -0.3 is 19.5 Å². The van der Waals surface area contributed by atoms with E-state index < -0.39 is 12.0 Å². The van der Waals surface area contributed by atoms with Crippen LogP contribution in [0.5, 0.6) is 11.5 Å². The standard InChI is InChI=1S/C31H41N3O6/c1-20(24-11-10-23-7-6-8-25(23)16-24)34(27-17-26(18-27)30(36)37)19-22-9-12-28(29(15-22)39-5)40-14-13-33(21(2)35)31(38)32(3)4/h9-12,15-16,20,26-27H,6-8,13-14,17-19H2,1-5H3,(H,36,37)/t20-,26?,27?/m1/s1. The number of carboxylic acids is 1. The minimum Gasteiger partial charge on any atom is -0.493 e. The van der Waals surface area contributed by atoms with E-state index in [1.807, 2.05) is 18.2 Å². The summed E-state index contributed by atoms with van der Waals surface area (Å²) in [4.78, 5) is 40.6. The predicted molar refractivity (Wildman–Crippen MR) is 152 cm³/mol. The molecule has 2 aromatic rings. The lowest BCUT2D eigenvalue weighted by Crippen LogP contribution is -2.47. The van der Waals surface area contributed by atoms with Crippen molar-refractivity contribution in [3.63, 3.8) is 0 Å². The fraction of sp³-hybridized carbons (Fsp3) is 0.516. The summed E-state index contributed by atoms with van der Waals surface area (Å²) in [6, 6.07) is 12.5. The van der Waals surface area contributed by atoms with Gasteiger partial charge >= 0.3 is 12.0 Å². The zero-order chi connectivity index (χ0) is 29.0. The van der Waals surface area contributed by atoms with Crippen LogP contribution in [0.1, 0.15) is 61.4 Å². The number of amides is 3. The Balaban J connectivity index is 1.48. The topological polar surface area (TPSA) is 99.6 Å². The first kappa shape index (κ1) is 29.4. The molecular formula is C31H41N3O6. The summed E-state index contributed by atoms with van der Waals surface area (Å²) < 4.78 is 11.5. The van der Waals surface area contributed by atoms with Crippen molar-refractivity contribution in [3.05, 3.63) is 58.7 Å². The first-order chi connectivity index (χ1) is 19.1. The second-order valence-corrected chi connectivity index (χ2v) is 11.1. The summed E-state index contributed by atoms with van der Waals surface area (Å²) in [6.45, 7) is 4.45. The molecule has 4 rings (SSSR count). The molecule has 0 spiro atoms. The van der Waals surface area contributed by atoms with Gasteiger partial charge in [0.05, 0.1) is 19.6 Å². The van der Waals surface area contributed by atoms with Crippen LogP contribution in [0.3, 0.4) is 0 Å². The molecule has 0 heterocycles. The van der Waals surface area contributed by atoms with Crippen molar-refractivity contribution in [1.82, 2.24) is 14.7 Å². The Morgan fingerprint density at radius 3 is 2.40 bits per heavy atom. The van der Waals surface area contributed by atoms with Gasteiger partial charge in [0, 0.05) is 39.6 Å². The molecule has 0 bridgehead atoms. The Morgan fingerprint density at radius 2 is 1.75 bits per heavy atom. The number of imide groups is 1. The highest BCUT2D eigenvalue weighted by atomic mass is 16.5. The fourth-order valence-electron chi connectivity index (χ4n) is 5.70. The number of nitrogens with zero attached hydrogens (tertiary/aromatic N) is 3. The van der Waals surface area contributed by atoms with Crippen molar-refractivity contribution < 1.29 is 29.0 Å². The number of methoxy groups -OCH3 is 1. The molecule has 3 amide bonds. The fourth-order valence-corrected chi connectivity index (χ4v) is 5.70. The maximum atomic E-state index is 12.3. The molecule has 1 saturated carbocycles. The lowest BCUT2D eigenvalue weighted by molar-refractivity contribution is -0.147. The van der Waals surface area contributed by atoms with Gasteiger partial charge in [-0.25, -0.2) is 4.79 Å². The first-order valence-corrected chi connectivity index (χ1v) is 14.0. The van der Waals surface area contributed by atoms with E-state index in [1.165, 1.54) is 34.9 Å². The lowest BCUT2D eigenvalue weighted by Gasteiger charge is -2.44. The second kappa shape index (κ2) is 12.7. The van der Waals surface area contributed by atoms with Crippen LogP contribution in [0.2, 0.25) is 0 Å². The van der Waals surface area contributed by atoms with Crippen molar-refractivity contribution in [1.29, 1.82) is 0 Å². The average molecular weight is 552 g/mol. The summed E-state index contributed by atoms with van der Waals surface area (Å²) in [7, 11) is 4.78. The number of aryl methyl sites for hydroxylation is 2. The van der Waals surface area contributed by atoms with Gasteiger partial charge in [-0.1, -0.05) is 24.3 Å². The Morgan fingerprint density at radius 1 is 1.02 bits per heavy atom. The van der Waals surface area contributed by atoms with E-state index in [4.69, 9.17) is 9.47 Å². The van der Waals surface area contributed by atoms with Crippen LogP contribution in [-0.4, -0.2) is 78.1 Å². The minimum absolute atomic E-state index is 0.121. The van der Waals surface area contributed by atoms with Crippen molar-refractivity contribution in [2.45, 2.75) is 64.6 Å². The van der Waals surface area contributed by atoms with E-state index in [9.17, 15) is 19.5 Å². The van der Waals surface area contributed by atoms with Gasteiger partial charge in [0.2, 0.25) is 5.91 Å². The number of carboxylic acid groups (broad SMARTS) is 1. The quantitative estimate of drug-likeness (QED) is 0.438. The van der Waals surface area contributed by atoms with E-state index in [2.05, 4.69) is 30.0 Å². The maximum absolute atomic E-state index is 12.3. The van der Waals surface area contributed by atoms with Gasteiger partial charge in [0.25, 0.3) is 0 Å². The Bertz CT molecular complexity index is 1240. The Kier molecular flexibility index (Phi) is 9.35. The summed E-state index contributed by atoms with van der Waals surface area (Å²) in [5.74, 6) is -0.268. The summed E-state index contributed by atoms with van der Waals surface area (Å²) >= 11 is 0. The van der Waals surface area contributed by atoms with E-state index in [1.54, 1.807) is 21.2 Å². The van der Waals surface area contributed by atoms with Gasteiger partial charge in [-0.3, -0.25) is 19.4 Å². The lowest BCUT2D eigenvalue weighted by atomic mass is 9.78. The van der Waals surface area contributed by atoms with Gasteiger partial charge in [-0.05, 0) is 73.4 Å². The van der Waals surface area contributed by atoms with Crippen LogP contribution in [0.15, 0.2) is 36.4 Å². The third-order valence-corrected chi connectivity index (χ3v) is 8.19. The van der Waals surface area contributed by atoms with Crippen LogP contribution >= 0.6 is 0 Å². The molecule has 0 aromatic heterocycles. The van der Waals surface area contributed by atoms with E-state index in [0.717, 1.165) is 23.3 Å². The van der Waals surface area contributed by atoms with E-state index >= 15 is 0 Å². The van der Waals surface area contributed by atoms with Crippen molar-refractivity contribution >= 4 is 17.9 Å². The number of aliphatic carboxylic acids is 1. The van der Waals surface area contributed by atoms with E-state index in [0.29, 0.717) is 30.9 Å². The number of ether oxygens (including phenoxy) is 2. The molecule has 2 aliphatic carbocycles. The van der Waals surface area contributed by atoms with Crippen LogP contribution in [-0.2, 0) is 29.0 Å². The number of urea groups is 1.